The van der Waals surface area contributed by atoms with E-state index in [2.05, 4.69) is 55.2 Å². The van der Waals surface area contributed by atoms with Crippen LogP contribution in [0.3, 0.4) is 0 Å². The van der Waals surface area contributed by atoms with Gasteiger partial charge < -0.3 is 5.32 Å². The molecule has 0 amide bonds. The molecule has 0 saturated carbocycles. The van der Waals surface area contributed by atoms with Crippen molar-refractivity contribution in [2.75, 3.05) is 13.1 Å². The third-order valence-corrected chi connectivity index (χ3v) is 4.73. The van der Waals surface area contributed by atoms with Gasteiger partial charge in [-0.05, 0) is 34.6 Å². The first kappa shape index (κ1) is 13.0. The molecule has 1 N–H and O–H groups in total. The van der Waals surface area contributed by atoms with Gasteiger partial charge in [0.05, 0.1) is 5.54 Å². The smallest absolute Gasteiger partial charge is 0.112 e. The van der Waals surface area contributed by atoms with Crippen molar-refractivity contribution >= 4 is 11.3 Å². The van der Waals surface area contributed by atoms with Crippen LogP contribution in [0.25, 0.3) is 0 Å². The van der Waals surface area contributed by atoms with Crippen LogP contribution in [0.4, 0.5) is 0 Å². The lowest BCUT2D eigenvalue weighted by atomic mass is 9.92. The van der Waals surface area contributed by atoms with Gasteiger partial charge in [0, 0.05) is 36.2 Å². The average Bonchev–Trinajstić information content (AvgIpc) is 2.75. The quantitative estimate of drug-likeness (QED) is 0.877. The molecule has 1 fully saturated rings. The van der Waals surface area contributed by atoms with Gasteiger partial charge >= 0.3 is 0 Å². The second-order valence-corrected chi connectivity index (χ2v) is 7.03. The zero-order valence-corrected chi connectivity index (χ0v) is 12.3. The molecule has 1 saturated heterocycles. The Kier molecular flexibility index (Phi) is 3.31. The molecule has 2 heterocycles. The summed E-state index contributed by atoms with van der Waals surface area (Å²) in [5, 5.41) is 6.87. The number of nitrogens with one attached hydrogen (secondary N) is 1. The number of rotatable bonds is 2. The van der Waals surface area contributed by atoms with E-state index in [0.29, 0.717) is 6.04 Å². The second kappa shape index (κ2) is 4.34. The number of hydrogen-bond acceptors (Lipinski definition) is 4. The van der Waals surface area contributed by atoms with Gasteiger partial charge in [-0.3, -0.25) is 4.90 Å². The molecule has 2 rings (SSSR count). The van der Waals surface area contributed by atoms with E-state index in [1.165, 1.54) is 5.01 Å². The van der Waals surface area contributed by atoms with Crippen molar-refractivity contribution < 1.29 is 0 Å². The Bertz CT molecular complexity index is 370. The van der Waals surface area contributed by atoms with Crippen LogP contribution in [0.1, 0.15) is 39.6 Å². The van der Waals surface area contributed by atoms with Gasteiger partial charge in [-0.2, -0.15) is 0 Å². The summed E-state index contributed by atoms with van der Waals surface area (Å²) >= 11 is 1.75. The van der Waals surface area contributed by atoms with E-state index < -0.39 is 0 Å². The summed E-state index contributed by atoms with van der Waals surface area (Å²) in [4.78, 5) is 7.07. The van der Waals surface area contributed by atoms with Gasteiger partial charge in [0.1, 0.15) is 5.01 Å². The van der Waals surface area contributed by atoms with E-state index in [1.807, 2.05) is 6.20 Å². The van der Waals surface area contributed by atoms with Crippen molar-refractivity contribution in [1.82, 2.24) is 15.2 Å². The van der Waals surface area contributed by atoms with E-state index in [1.54, 1.807) is 11.3 Å². The average molecular weight is 253 g/mol. The molecule has 0 radical (unpaired) electrons. The highest BCUT2D eigenvalue weighted by atomic mass is 32.1. The molecular weight excluding hydrogens is 230 g/mol. The van der Waals surface area contributed by atoms with E-state index in [-0.39, 0.29) is 11.1 Å². The molecule has 1 unspecified atom stereocenters. The molecular formula is C13H23N3S. The monoisotopic (exact) mass is 253 g/mol. The summed E-state index contributed by atoms with van der Waals surface area (Å²) in [6.45, 7) is 13.5. The minimum absolute atomic E-state index is 0.0208. The van der Waals surface area contributed by atoms with Crippen molar-refractivity contribution in [3.8, 4) is 0 Å². The molecule has 0 aliphatic carbocycles. The van der Waals surface area contributed by atoms with Crippen LogP contribution in [0.2, 0.25) is 0 Å². The number of aromatic nitrogens is 1. The van der Waals surface area contributed by atoms with E-state index in [0.717, 1.165) is 13.1 Å². The van der Waals surface area contributed by atoms with Crippen molar-refractivity contribution in [3.05, 3.63) is 16.6 Å². The van der Waals surface area contributed by atoms with Crippen molar-refractivity contribution in [2.24, 2.45) is 0 Å². The predicted octanol–water partition coefficient (Wildman–Crippen LogP) is 2.45. The Morgan fingerprint density at radius 3 is 2.82 bits per heavy atom. The molecule has 17 heavy (non-hydrogen) atoms. The molecule has 96 valence electrons. The fourth-order valence-corrected chi connectivity index (χ4v) is 3.35. The fraction of sp³-hybridized carbons (Fsp3) is 0.769. The Balaban J connectivity index is 2.25. The molecule has 1 atom stereocenters. The summed E-state index contributed by atoms with van der Waals surface area (Å²) < 4.78 is 0. The minimum atomic E-state index is 0.0208. The van der Waals surface area contributed by atoms with Crippen LogP contribution in [-0.2, 0) is 5.54 Å². The number of nitrogens with zero attached hydrogens (tertiary/aromatic N) is 2. The number of hydrogen-bond donors (Lipinski definition) is 1. The van der Waals surface area contributed by atoms with Gasteiger partial charge in [-0.25, -0.2) is 4.98 Å². The largest absolute Gasteiger partial charge is 0.309 e. The topological polar surface area (TPSA) is 28.2 Å². The fourth-order valence-electron chi connectivity index (χ4n) is 2.57. The first-order chi connectivity index (χ1) is 7.83. The highest BCUT2D eigenvalue weighted by Crippen LogP contribution is 2.33. The van der Waals surface area contributed by atoms with Gasteiger partial charge in [-0.1, -0.05) is 0 Å². The molecule has 0 aromatic carbocycles. The predicted molar refractivity (Wildman–Crippen MR) is 73.4 cm³/mol. The van der Waals surface area contributed by atoms with E-state index in [9.17, 15) is 0 Å². The maximum atomic E-state index is 4.50. The summed E-state index contributed by atoms with van der Waals surface area (Å²) in [5.74, 6) is 0. The molecule has 4 heteroatoms. The van der Waals surface area contributed by atoms with Crippen LogP contribution in [-0.4, -0.2) is 34.6 Å². The maximum Gasteiger partial charge on any atom is 0.112 e. The van der Waals surface area contributed by atoms with Crippen molar-refractivity contribution in [1.29, 1.82) is 0 Å². The Hall–Kier alpha value is -0.450. The number of piperazine rings is 1. The van der Waals surface area contributed by atoms with Crippen LogP contribution in [0.15, 0.2) is 11.6 Å². The van der Waals surface area contributed by atoms with Gasteiger partial charge in [0.2, 0.25) is 0 Å². The van der Waals surface area contributed by atoms with Gasteiger partial charge in [-0.15, -0.1) is 11.3 Å². The Labute approximate surface area is 108 Å². The summed E-state index contributed by atoms with van der Waals surface area (Å²) in [6, 6.07) is 0.543. The maximum absolute atomic E-state index is 4.50. The first-order valence-electron chi connectivity index (χ1n) is 6.25. The van der Waals surface area contributed by atoms with Crippen LogP contribution in [0.5, 0.6) is 0 Å². The minimum Gasteiger partial charge on any atom is -0.309 e. The highest BCUT2D eigenvalue weighted by Gasteiger charge is 2.40. The standard InChI is InChI=1S/C13H23N3S/c1-10-8-15-12(2,3)9-16(10)13(4,5)11-14-6-7-17-11/h6-7,10,15H,8-9H2,1-5H3. The first-order valence-corrected chi connectivity index (χ1v) is 7.13. The molecule has 0 bridgehead atoms. The Morgan fingerprint density at radius 2 is 2.24 bits per heavy atom. The molecule has 1 aliphatic rings. The second-order valence-electron chi connectivity index (χ2n) is 6.14. The van der Waals surface area contributed by atoms with Crippen LogP contribution >= 0.6 is 11.3 Å². The molecule has 1 aliphatic heterocycles. The molecule has 1 aromatic rings. The van der Waals surface area contributed by atoms with Gasteiger partial charge in [0.15, 0.2) is 0 Å². The molecule has 1 aromatic heterocycles. The van der Waals surface area contributed by atoms with Crippen molar-refractivity contribution in [3.63, 3.8) is 0 Å². The van der Waals surface area contributed by atoms with E-state index in [4.69, 9.17) is 0 Å². The summed E-state index contributed by atoms with van der Waals surface area (Å²) in [6.07, 6.45) is 1.90. The zero-order valence-electron chi connectivity index (χ0n) is 11.4. The lowest BCUT2D eigenvalue weighted by Gasteiger charge is -2.50. The SMILES string of the molecule is CC1CNC(C)(C)CN1C(C)(C)c1nccs1. The van der Waals surface area contributed by atoms with E-state index >= 15 is 0 Å². The van der Waals surface area contributed by atoms with Gasteiger partial charge in [0.25, 0.3) is 0 Å². The third-order valence-electron chi connectivity index (χ3n) is 3.65. The van der Waals surface area contributed by atoms with Crippen molar-refractivity contribution in [2.45, 2.75) is 51.7 Å². The third kappa shape index (κ3) is 2.54. The normalized spacial score (nSPS) is 26.1. The Morgan fingerprint density at radius 1 is 1.53 bits per heavy atom. The lowest BCUT2D eigenvalue weighted by molar-refractivity contribution is 0.0143. The zero-order chi connectivity index (χ0) is 12.7. The van der Waals surface area contributed by atoms with Crippen LogP contribution in [0, 0.1) is 0 Å². The molecule has 0 spiro atoms. The number of thiazole rings is 1. The highest BCUT2D eigenvalue weighted by molar-refractivity contribution is 7.09. The van der Waals surface area contributed by atoms with Crippen LogP contribution < -0.4 is 5.32 Å². The summed E-state index contributed by atoms with van der Waals surface area (Å²) in [7, 11) is 0. The molecule has 3 nitrogen and oxygen atoms in total. The lowest BCUT2D eigenvalue weighted by Crippen LogP contribution is -2.64. The summed E-state index contributed by atoms with van der Waals surface area (Å²) in [5.41, 5.74) is 0.202.